The number of para-hydroxylation sites is 2. The predicted octanol–water partition coefficient (Wildman–Crippen LogP) is 13.3. The Bertz CT molecular complexity index is 2890. The minimum atomic E-state index is -0.521. The lowest BCUT2D eigenvalue weighted by Gasteiger charge is -2.40. The van der Waals surface area contributed by atoms with E-state index in [0.29, 0.717) is 5.82 Å². The summed E-state index contributed by atoms with van der Waals surface area (Å²) in [6, 6.07) is 72.9. The van der Waals surface area contributed by atoms with Crippen LogP contribution in [0.5, 0.6) is 11.5 Å². The molecule has 3 heteroatoms. The fourth-order valence-corrected chi connectivity index (χ4v) is 8.87. The summed E-state index contributed by atoms with van der Waals surface area (Å²) in [5.41, 5.74) is 16.0. The van der Waals surface area contributed by atoms with Crippen LogP contribution < -0.4 is 4.74 Å². The molecular formula is C53H34N2O. The normalized spacial score (nSPS) is 12.9. The number of benzene rings is 8. The van der Waals surface area contributed by atoms with Crippen molar-refractivity contribution in [1.82, 2.24) is 9.97 Å². The third-order valence-electron chi connectivity index (χ3n) is 11.4. The first-order valence-electron chi connectivity index (χ1n) is 19.1. The summed E-state index contributed by atoms with van der Waals surface area (Å²) in [6.45, 7) is 0. The number of fused-ring (bicyclic) bond motifs is 9. The van der Waals surface area contributed by atoms with Crippen LogP contribution in [0.15, 0.2) is 206 Å². The Hall–Kier alpha value is -7.36. The largest absolute Gasteiger partial charge is 0.456 e. The molecule has 8 aromatic carbocycles. The second-order valence-corrected chi connectivity index (χ2v) is 14.5. The highest BCUT2D eigenvalue weighted by Gasteiger charge is 2.51. The van der Waals surface area contributed by atoms with Crippen LogP contribution in [0.4, 0.5) is 0 Å². The molecule has 0 saturated heterocycles. The van der Waals surface area contributed by atoms with Crippen LogP contribution in [-0.2, 0) is 5.41 Å². The van der Waals surface area contributed by atoms with Crippen LogP contribution >= 0.6 is 0 Å². The molecule has 11 rings (SSSR count). The summed E-state index contributed by atoms with van der Waals surface area (Å²) < 4.78 is 7.00. The van der Waals surface area contributed by atoms with Crippen molar-refractivity contribution in [2.24, 2.45) is 0 Å². The topological polar surface area (TPSA) is 35.0 Å². The van der Waals surface area contributed by atoms with E-state index in [0.717, 1.165) is 67.4 Å². The number of hydrogen-bond donors (Lipinski definition) is 0. The van der Waals surface area contributed by atoms with Gasteiger partial charge in [0.15, 0.2) is 5.82 Å². The fourth-order valence-electron chi connectivity index (χ4n) is 8.87. The molecule has 1 spiro atoms. The zero-order chi connectivity index (χ0) is 37.1. The van der Waals surface area contributed by atoms with Gasteiger partial charge in [-0.25, -0.2) is 9.97 Å². The lowest BCUT2D eigenvalue weighted by molar-refractivity contribution is 0.438. The highest BCUT2D eigenvalue weighted by molar-refractivity contribution is 5.90. The Morgan fingerprint density at radius 1 is 0.321 bits per heavy atom. The smallest absolute Gasteiger partial charge is 0.160 e. The second-order valence-electron chi connectivity index (χ2n) is 14.5. The molecule has 1 aliphatic heterocycles. The van der Waals surface area contributed by atoms with Crippen LogP contribution in [-0.4, -0.2) is 9.97 Å². The number of hydrogen-bond acceptors (Lipinski definition) is 3. The Morgan fingerprint density at radius 2 is 0.804 bits per heavy atom. The van der Waals surface area contributed by atoms with E-state index in [1.54, 1.807) is 0 Å². The highest BCUT2D eigenvalue weighted by Crippen LogP contribution is 2.63. The van der Waals surface area contributed by atoms with E-state index >= 15 is 0 Å². The van der Waals surface area contributed by atoms with Crippen LogP contribution in [0, 0.1) is 0 Å². The molecule has 1 aromatic heterocycles. The third kappa shape index (κ3) is 4.98. The van der Waals surface area contributed by atoms with E-state index in [2.05, 4.69) is 194 Å². The van der Waals surface area contributed by atoms with E-state index in [1.807, 2.05) is 12.1 Å². The number of nitrogens with zero attached hydrogens (tertiary/aromatic N) is 2. The van der Waals surface area contributed by atoms with E-state index in [-0.39, 0.29) is 0 Å². The van der Waals surface area contributed by atoms with Gasteiger partial charge in [-0.2, -0.15) is 0 Å². The first-order chi connectivity index (χ1) is 27.8. The molecule has 9 aromatic rings. The molecule has 0 fully saturated rings. The van der Waals surface area contributed by atoms with Gasteiger partial charge in [0.1, 0.15) is 11.5 Å². The maximum atomic E-state index is 7.00. The SMILES string of the molecule is c1ccc(-c2ccc(-c3nc(-c4ccccc4)cc(-c4cccc(-c5cccc6c5Oc5ccccc5C65c6ccccc6-c6ccccc65)c4)n3)cc2)cc1. The maximum Gasteiger partial charge on any atom is 0.160 e. The first-order valence-corrected chi connectivity index (χ1v) is 19.1. The van der Waals surface area contributed by atoms with E-state index in [1.165, 1.54) is 27.8 Å². The van der Waals surface area contributed by atoms with Crippen LogP contribution in [0.25, 0.3) is 67.3 Å². The first kappa shape index (κ1) is 32.1. The van der Waals surface area contributed by atoms with Crippen LogP contribution in [0.3, 0.4) is 0 Å². The van der Waals surface area contributed by atoms with Crippen molar-refractivity contribution in [3.8, 4) is 78.8 Å². The van der Waals surface area contributed by atoms with Gasteiger partial charge in [0.2, 0.25) is 0 Å². The number of ether oxygens (including phenoxy) is 1. The molecule has 0 radical (unpaired) electrons. The van der Waals surface area contributed by atoms with Gasteiger partial charge >= 0.3 is 0 Å². The average molecular weight is 715 g/mol. The van der Waals surface area contributed by atoms with Crippen molar-refractivity contribution in [1.29, 1.82) is 0 Å². The Balaban J connectivity index is 1.07. The minimum Gasteiger partial charge on any atom is -0.456 e. The molecule has 0 atom stereocenters. The van der Waals surface area contributed by atoms with Gasteiger partial charge in [-0.05, 0) is 57.1 Å². The number of rotatable bonds is 5. The summed E-state index contributed by atoms with van der Waals surface area (Å²) in [6.07, 6.45) is 0. The van der Waals surface area contributed by atoms with Crippen LogP contribution in [0.1, 0.15) is 22.3 Å². The molecule has 0 unspecified atom stereocenters. The van der Waals surface area contributed by atoms with E-state index in [4.69, 9.17) is 14.7 Å². The minimum absolute atomic E-state index is 0.521. The zero-order valence-electron chi connectivity index (χ0n) is 30.4. The number of aromatic nitrogens is 2. The zero-order valence-corrected chi connectivity index (χ0v) is 30.4. The van der Waals surface area contributed by atoms with Gasteiger partial charge in [0.05, 0.1) is 16.8 Å². The third-order valence-corrected chi connectivity index (χ3v) is 11.4. The lowest BCUT2D eigenvalue weighted by atomic mass is 9.65. The maximum absolute atomic E-state index is 7.00. The lowest BCUT2D eigenvalue weighted by Crippen LogP contribution is -2.32. The molecule has 0 N–H and O–H groups in total. The van der Waals surface area contributed by atoms with Gasteiger partial charge in [-0.1, -0.05) is 188 Å². The fraction of sp³-hybridized carbons (Fsp3) is 0.0189. The Kier molecular flexibility index (Phi) is 7.39. The Labute approximate surface area is 326 Å². The molecule has 0 saturated carbocycles. The Morgan fingerprint density at radius 3 is 1.52 bits per heavy atom. The van der Waals surface area contributed by atoms with Gasteiger partial charge in [-0.3, -0.25) is 0 Å². The van der Waals surface area contributed by atoms with Gasteiger partial charge < -0.3 is 4.74 Å². The summed E-state index contributed by atoms with van der Waals surface area (Å²) in [4.78, 5) is 10.3. The van der Waals surface area contributed by atoms with Crippen molar-refractivity contribution < 1.29 is 4.74 Å². The van der Waals surface area contributed by atoms with Crippen molar-refractivity contribution in [3.05, 3.63) is 229 Å². The van der Waals surface area contributed by atoms with Crippen molar-refractivity contribution in [2.75, 3.05) is 0 Å². The molecule has 2 aliphatic rings. The summed E-state index contributed by atoms with van der Waals surface area (Å²) >= 11 is 0. The van der Waals surface area contributed by atoms with Crippen molar-refractivity contribution in [3.63, 3.8) is 0 Å². The van der Waals surface area contributed by atoms with Gasteiger partial charge in [0, 0.05) is 33.4 Å². The standard InChI is InChI=1S/C53H34N2O/c1-3-15-35(16-4-1)36-29-31-38(32-30-36)52-54-48(37-17-5-2-6-18-37)34-49(55-52)40-20-13-19-39(33-40)41-23-14-27-47-51(41)56-50-28-12-11-26-46(50)53(47)44-24-9-7-21-42(44)43-22-8-10-25-45(43)53/h1-34H. The van der Waals surface area contributed by atoms with Crippen molar-refractivity contribution in [2.45, 2.75) is 5.41 Å². The molecule has 2 heterocycles. The summed E-state index contributed by atoms with van der Waals surface area (Å²) in [5, 5.41) is 0. The molecule has 1 aliphatic carbocycles. The average Bonchev–Trinajstić information content (AvgIpc) is 3.57. The van der Waals surface area contributed by atoms with E-state index < -0.39 is 5.41 Å². The molecule has 56 heavy (non-hydrogen) atoms. The molecule has 0 amide bonds. The summed E-state index contributed by atoms with van der Waals surface area (Å²) in [7, 11) is 0. The van der Waals surface area contributed by atoms with Gasteiger partial charge in [-0.15, -0.1) is 0 Å². The monoisotopic (exact) mass is 714 g/mol. The van der Waals surface area contributed by atoms with Gasteiger partial charge in [0.25, 0.3) is 0 Å². The predicted molar refractivity (Wildman–Crippen MR) is 227 cm³/mol. The van der Waals surface area contributed by atoms with Crippen LogP contribution in [0.2, 0.25) is 0 Å². The molecule has 3 nitrogen and oxygen atoms in total. The second kappa shape index (κ2) is 12.9. The van der Waals surface area contributed by atoms with Crippen molar-refractivity contribution >= 4 is 0 Å². The van der Waals surface area contributed by atoms with E-state index in [9.17, 15) is 0 Å². The molecule has 0 bridgehead atoms. The molecular weight excluding hydrogens is 681 g/mol. The quantitative estimate of drug-likeness (QED) is 0.178. The summed E-state index contributed by atoms with van der Waals surface area (Å²) in [5.74, 6) is 2.44. The molecule has 262 valence electrons. The highest BCUT2D eigenvalue weighted by atomic mass is 16.5.